The standard InChI is InChI=1S/C6H13N/c1-4-3-6(7)5(4)2/h4-6H,3,7H2,1-2H3/t4-,5+,6+/m0/s1. The lowest BCUT2D eigenvalue weighted by Gasteiger charge is -2.37. The van der Waals surface area contributed by atoms with Crippen molar-refractivity contribution in [2.75, 3.05) is 0 Å². The van der Waals surface area contributed by atoms with Gasteiger partial charge in [0.05, 0.1) is 0 Å². The van der Waals surface area contributed by atoms with E-state index in [0.29, 0.717) is 6.04 Å². The zero-order valence-electron chi connectivity index (χ0n) is 5.02. The fraction of sp³-hybridized carbons (Fsp3) is 1.00. The Balaban J connectivity index is 2.29. The summed E-state index contributed by atoms with van der Waals surface area (Å²) in [5.41, 5.74) is 5.61. The van der Waals surface area contributed by atoms with Gasteiger partial charge >= 0.3 is 0 Å². The van der Waals surface area contributed by atoms with Crippen molar-refractivity contribution >= 4 is 0 Å². The van der Waals surface area contributed by atoms with Crippen molar-refractivity contribution in [1.29, 1.82) is 0 Å². The Bertz CT molecular complexity index is 62.6. The van der Waals surface area contributed by atoms with Gasteiger partial charge in [-0.3, -0.25) is 0 Å². The van der Waals surface area contributed by atoms with Gasteiger partial charge in [0.1, 0.15) is 0 Å². The monoisotopic (exact) mass is 99.1 g/mol. The maximum absolute atomic E-state index is 5.61. The molecule has 7 heavy (non-hydrogen) atoms. The molecule has 0 saturated heterocycles. The van der Waals surface area contributed by atoms with E-state index in [0.717, 1.165) is 11.8 Å². The molecule has 1 heteroatoms. The minimum Gasteiger partial charge on any atom is -0.327 e. The third-order valence-corrected chi connectivity index (χ3v) is 2.22. The second-order valence-electron chi connectivity index (χ2n) is 2.74. The lowest BCUT2D eigenvalue weighted by atomic mass is 9.72. The molecule has 0 aromatic carbocycles. The zero-order valence-corrected chi connectivity index (χ0v) is 5.02. The lowest BCUT2D eigenvalue weighted by Crippen LogP contribution is -2.44. The molecular weight excluding hydrogens is 86.1 g/mol. The van der Waals surface area contributed by atoms with Crippen LogP contribution in [0.3, 0.4) is 0 Å². The van der Waals surface area contributed by atoms with Crippen molar-refractivity contribution in [2.24, 2.45) is 17.6 Å². The molecule has 2 N–H and O–H groups in total. The second kappa shape index (κ2) is 1.48. The average Bonchev–Trinajstić information content (AvgIpc) is 1.68. The van der Waals surface area contributed by atoms with Crippen molar-refractivity contribution in [3.8, 4) is 0 Å². The lowest BCUT2D eigenvalue weighted by molar-refractivity contribution is 0.173. The molecule has 1 aliphatic rings. The summed E-state index contributed by atoms with van der Waals surface area (Å²) in [6, 6.07) is 0.509. The third kappa shape index (κ3) is 0.653. The zero-order chi connectivity index (χ0) is 5.44. The van der Waals surface area contributed by atoms with Crippen LogP contribution in [0, 0.1) is 11.8 Å². The second-order valence-corrected chi connectivity index (χ2v) is 2.74. The van der Waals surface area contributed by atoms with Crippen LogP contribution in [0.25, 0.3) is 0 Å². The molecule has 0 aromatic rings. The molecule has 1 saturated carbocycles. The normalized spacial score (nSPS) is 51.0. The van der Waals surface area contributed by atoms with Crippen molar-refractivity contribution in [1.82, 2.24) is 0 Å². The smallest absolute Gasteiger partial charge is 0.00697 e. The minimum atomic E-state index is 0.509. The van der Waals surface area contributed by atoms with E-state index >= 15 is 0 Å². The molecule has 1 fully saturated rings. The summed E-state index contributed by atoms with van der Waals surface area (Å²) in [5, 5.41) is 0. The first-order chi connectivity index (χ1) is 3.22. The van der Waals surface area contributed by atoms with E-state index in [9.17, 15) is 0 Å². The Hall–Kier alpha value is -0.0400. The van der Waals surface area contributed by atoms with Crippen LogP contribution in [-0.4, -0.2) is 6.04 Å². The summed E-state index contributed by atoms with van der Waals surface area (Å²) < 4.78 is 0. The van der Waals surface area contributed by atoms with Crippen LogP contribution < -0.4 is 5.73 Å². The molecule has 0 spiro atoms. The largest absolute Gasteiger partial charge is 0.327 e. The van der Waals surface area contributed by atoms with Gasteiger partial charge in [0.2, 0.25) is 0 Å². The summed E-state index contributed by atoms with van der Waals surface area (Å²) in [6.45, 7) is 4.48. The van der Waals surface area contributed by atoms with Gasteiger partial charge in [0.25, 0.3) is 0 Å². The molecule has 1 aliphatic carbocycles. The van der Waals surface area contributed by atoms with Crippen LogP contribution in [0.4, 0.5) is 0 Å². The number of hydrogen-bond donors (Lipinski definition) is 1. The molecule has 1 rings (SSSR count). The molecule has 0 aliphatic heterocycles. The topological polar surface area (TPSA) is 26.0 Å². The quantitative estimate of drug-likeness (QED) is 0.481. The summed E-state index contributed by atoms with van der Waals surface area (Å²) in [4.78, 5) is 0. The molecular formula is C6H13N. The molecule has 1 nitrogen and oxygen atoms in total. The van der Waals surface area contributed by atoms with Gasteiger partial charge in [-0.25, -0.2) is 0 Å². The van der Waals surface area contributed by atoms with Gasteiger partial charge in [-0.05, 0) is 18.3 Å². The van der Waals surface area contributed by atoms with E-state index in [2.05, 4.69) is 13.8 Å². The van der Waals surface area contributed by atoms with Crippen LogP contribution in [-0.2, 0) is 0 Å². The van der Waals surface area contributed by atoms with E-state index in [4.69, 9.17) is 5.73 Å². The molecule has 42 valence electrons. The number of rotatable bonds is 0. The van der Waals surface area contributed by atoms with Crippen molar-refractivity contribution in [3.63, 3.8) is 0 Å². The SMILES string of the molecule is C[C@H]1[C@H](N)C[C@@H]1C. The van der Waals surface area contributed by atoms with E-state index in [1.807, 2.05) is 0 Å². The Morgan fingerprint density at radius 1 is 1.43 bits per heavy atom. The van der Waals surface area contributed by atoms with Crippen molar-refractivity contribution in [2.45, 2.75) is 26.3 Å². The van der Waals surface area contributed by atoms with Crippen LogP contribution in [0.5, 0.6) is 0 Å². The van der Waals surface area contributed by atoms with E-state index < -0.39 is 0 Å². The Morgan fingerprint density at radius 3 is 2.00 bits per heavy atom. The molecule has 0 aromatic heterocycles. The first-order valence-corrected chi connectivity index (χ1v) is 2.97. The summed E-state index contributed by atoms with van der Waals surface area (Å²) in [7, 11) is 0. The molecule has 3 atom stereocenters. The maximum atomic E-state index is 5.61. The van der Waals surface area contributed by atoms with E-state index in [1.54, 1.807) is 0 Å². The van der Waals surface area contributed by atoms with Gasteiger partial charge in [-0.15, -0.1) is 0 Å². The minimum absolute atomic E-state index is 0.509. The summed E-state index contributed by atoms with van der Waals surface area (Å²) in [5.74, 6) is 1.66. The van der Waals surface area contributed by atoms with Gasteiger partial charge in [-0.2, -0.15) is 0 Å². The van der Waals surface area contributed by atoms with Crippen LogP contribution in [0.15, 0.2) is 0 Å². The van der Waals surface area contributed by atoms with Gasteiger partial charge in [-0.1, -0.05) is 13.8 Å². The first kappa shape index (κ1) is 5.10. The molecule has 0 unspecified atom stereocenters. The Labute approximate surface area is 44.9 Å². The highest BCUT2D eigenvalue weighted by molar-refractivity contribution is 4.85. The van der Waals surface area contributed by atoms with Gasteiger partial charge < -0.3 is 5.73 Å². The van der Waals surface area contributed by atoms with Crippen molar-refractivity contribution < 1.29 is 0 Å². The fourth-order valence-electron chi connectivity index (χ4n) is 1.08. The maximum Gasteiger partial charge on any atom is 0.00697 e. The number of nitrogens with two attached hydrogens (primary N) is 1. The predicted molar refractivity (Wildman–Crippen MR) is 30.9 cm³/mol. The Kier molecular flexibility index (Phi) is 1.08. The fourth-order valence-corrected chi connectivity index (χ4v) is 1.08. The number of hydrogen-bond acceptors (Lipinski definition) is 1. The van der Waals surface area contributed by atoms with Crippen molar-refractivity contribution in [3.05, 3.63) is 0 Å². The Morgan fingerprint density at radius 2 is 2.00 bits per heavy atom. The first-order valence-electron chi connectivity index (χ1n) is 2.97. The average molecular weight is 99.2 g/mol. The van der Waals surface area contributed by atoms with Gasteiger partial charge in [0, 0.05) is 6.04 Å². The van der Waals surface area contributed by atoms with E-state index in [1.165, 1.54) is 6.42 Å². The third-order valence-electron chi connectivity index (χ3n) is 2.22. The summed E-state index contributed by atoms with van der Waals surface area (Å²) >= 11 is 0. The van der Waals surface area contributed by atoms with Gasteiger partial charge in [0.15, 0.2) is 0 Å². The summed E-state index contributed by atoms with van der Waals surface area (Å²) in [6.07, 6.45) is 1.24. The highest BCUT2D eigenvalue weighted by atomic mass is 14.7. The molecule has 0 bridgehead atoms. The highest BCUT2D eigenvalue weighted by Gasteiger charge is 2.30. The highest BCUT2D eigenvalue weighted by Crippen LogP contribution is 2.31. The predicted octanol–water partition coefficient (Wildman–Crippen LogP) is 0.990. The molecule has 0 radical (unpaired) electrons. The van der Waals surface area contributed by atoms with Crippen LogP contribution >= 0.6 is 0 Å². The van der Waals surface area contributed by atoms with Crippen LogP contribution in [0.1, 0.15) is 20.3 Å². The van der Waals surface area contributed by atoms with E-state index in [-0.39, 0.29) is 0 Å². The molecule has 0 heterocycles. The van der Waals surface area contributed by atoms with Crippen LogP contribution in [0.2, 0.25) is 0 Å². The molecule has 0 amide bonds.